The second-order valence-corrected chi connectivity index (χ2v) is 5.73. The fourth-order valence-corrected chi connectivity index (χ4v) is 2.72. The van der Waals surface area contributed by atoms with E-state index in [1.54, 1.807) is 0 Å². The molecule has 0 aliphatic heterocycles. The summed E-state index contributed by atoms with van der Waals surface area (Å²) in [7, 11) is 0. The standard InChI is InChI=1S/C18H10F5NO3/c19-12-5-6-13(20)15-14(12)16(25)11(17(26)27)8-24(15)7-9-1-3-10(4-2-9)18(21,22)23/h1-6,8H,7H2,(H,26,27)/p-1. The third-order valence-electron chi connectivity index (χ3n) is 3.98. The lowest BCUT2D eigenvalue weighted by Gasteiger charge is -2.15. The maximum absolute atomic E-state index is 14.2. The highest BCUT2D eigenvalue weighted by molar-refractivity contribution is 5.91. The molecule has 0 spiro atoms. The second-order valence-electron chi connectivity index (χ2n) is 5.73. The molecular weight excluding hydrogens is 373 g/mol. The van der Waals surface area contributed by atoms with Gasteiger partial charge in [-0.05, 0) is 29.8 Å². The second kappa shape index (κ2) is 6.49. The van der Waals surface area contributed by atoms with Crippen LogP contribution < -0.4 is 10.5 Å². The monoisotopic (exact) mass is 382 g/mol. The average Bonchev–Trinajstić information content (AvgIpc) is 2.59. The van der Waals surface area contributed by atoms with Gasteiger partial charge in [0.1, 0.15) is 11.6 Å². The molecule has 0 aliphatic rings. The van der Waals surface area contributed by atoms with Crippen LogP contribution in [0.4, 0.5) is 22.0 Å². The fraction of sp³-hybridized carbons (Fsp3) is 0.111. The SMILES string of the molecule is O=C([O-])c1cn(Cc2ccc(C(F)(F)F)cc2)c2c(F)ccc(F)c2c1=O. The van der Waals surface area contributed by atoms with Crippen molar-refractivity contribution >= 4 is 16.9 Å². The van der Waals surface area contributed by atoms with Crippen LogP contribution in [0.2, 0.25) is 0 Å². The first-order valence-electron chi connectivity index (χ1n) is 7.48. The lowest BCUT2D eigenvalue weighted by atomic mass is 10.1. The Hall–Kier alpha value is -3.23. The summed E-state index contributed by atoms with van der Waals surface area (Å²) in [6.45, 7) is -0.296. The van der Waals surface area contributed by atoms with Crippen LogP contribution in [0.3, 0.4) is 0 Å². The summed E-state index contributed by atoms with van der Waals surface area (Å²) in [5.74, 6) is -3.99. The van der Waals surface area contributed by atoms with E-state index in [4.69, 9.17) is 0 Å². The normalized spacial score (nSPS) is 11.7. The summed E-state index contributed by atoms with van der Waals surface area (Å²) in [5.41, 5.74) is -3.28. The quantitative estimate of drug-likeness (QED) is 0.655. The molecule has 0 unspecified atom stereocenters. The number of fused-ring (bicyclic) bond motifs is 1. The Bertz CT molecular complexity index is 1100. The maximum atomic E-state index is 14.2. The van der Waals surface area contributed by atoms with Crippen LogP contribution in [0, 0.1) is 11.6 Å². The molecule has 0 saturated carbocycles. The number of benzene rings is 2. The van der Waals surface area contributed by atoms with Gasteiger partial charge in [-0.1, -0.05) is 12.1 Å². The molecule has 27 heavy (non-hydrogen) atoms. The molecule has 0 fully saturated rings. The number of halogens is 5. The minimum atomic E-state index is -4.54. The third kappa shape index (κ3) is 3.40. The Morgan fingerprint density at radius 3 is 2.15 bits per heavy atom. The van der Waals surface area contributed by atoms with Crippen LogP contribution in [0.5, 0.6) is 0 Å². The first-order valence-corrected chi connectivity index (χ1v) is 7.48. The van der Waals surface area contributed by atoms with Gasteiger partial charge in [0.15, 0.2) is 0 Å². The third-order valence-corrected chi connectivity index (χ3v) is 3.98. The van der Waals surface area contributed by atoms with E-state index in [0.717, 1.165) is 41.1 Å². The number of hydrogen-bond acceptors (Lipinski definition) is 3. The smallest absolute Gasteiger partial charge is 0.416 e. The van der Waals surface area contributed by atoms with Crippen LogP contribution in [-0.2, 0) is 12.7 Å². The van der Waals surface area contributed by atoms with Crippen LogP contribution in [0.15, 0.2) is 47.4 Å². The number of carbonyl (C=O) groups excluding carboxylic acids is 1. The van der Waals surface area contributed by atoms with E-state index < -0.39 is 51.2 Å². The Balaban J connectivity index is 2.19. The summed E-state index contributed by atoms with van der Waals surface area (Å²) in [5, 5.41) is 10.4. The number of aromatic nitrogens is 1. The van der Waals surface area contributed by atoms with Crippen LogP contribution in [0.25, 0.3) is 10.9 Å². The number of carbonyl (C=O) groups is 1. The van der Waals surface area contributed by atoms with Crippen molar-refractivity contribution in [3.63, 3.8) is 0 Å². The molecule has 140 valence electrons. The Morgan fingerprint density at radius 2 is 1.59 bits per heavy atom. The maximum Gasteiger partial charge on any atom is 0.416 e. The van der Waals surface area contributed by atoms with Gasteiger partial charge in [-0.2, -0.15) is 13.2 Å². The molecule has 0 bridgehead atoms. The number of nitrogens with zero attached hydrogens (tertiary/aromatic N) is 1. The summed E-state index contributed by atoms with van der Waals surface area (Å²) in [6, 6.07) is 5.28. The first kappa shape index (κ1) is 18.6. The lowest BCUT2D eigenvalue weighted by molar-refractivity contribution is -0.255. The summed E-state index contributed by atoms with van der Waals surface area (Å²) in [6.07, 6.45) is -3.76. The van der Waals surface area contributed by atoms with Gasteiger partial charge in [0.05, 0.1) is 28.0 Å². The summed E-state index contributed by atoms with van der Waals surface area (Å²) < 4.78 is 67.1. The zero-order chi connectivity index (χ0) is 19.9. The molecule has 0 atom stereocenters. The number of carboxylic acids is 1. The van der Waals surface area contributed by atoms with Crippen molar-refractivity contribution in [1.29, 1.82) is 0 Å². The highest BCUT2D eigenvalue weighted by Gasteiger charge is 2.30. The fourth-order valence-electron chi connectivity index (χ4n) is 2.72. The van der Waals surface area contributed by atoms with Crippen molar-refractivity contribution in [2.45, 2.75) is 12.7 Å². The molecule has 0 radical (unpaired) electrons. The van der Waals surface area contributed by atoms with Gasteiger partial charge in [-0.3, -0.25) is 4.79 Å². The lowest BCUT2D eigenvalue weighted by Crippen LogP contribution is -2.30. The van der Waals surface area contributed by atoms with Gasteiger partial charge >= 0.3 is 6.18 Å². The van der Waals surface area contributed by atoms with Crippen LogP contribution in [-0.4, -0.2) is 10.5 Å². The predicted octanol–water partition coefficient (Wildman–Crippen LogP) is 2.71. The van der Waals surface area contributed by atoms with E-state index in [2.05, 4.69) is 0 Å². The molecular formula is C18H9F5NO3-. The van der Waals surface area contributed by atoms with E-state index in [1.807, 2.05) is 0 Å². The van der Waals surface area contributed by atoms with Crippen molar-refractivity contribution < 1.29 is 31.9 Å². The van der Waals surface area contributed by atoms with Crippen LogP contribution >= 0.6 is 0 Å². The number of rotatable bonds is 3. The minimum Gasteiger partial charge on any atom is -0.545 e. The van der Waals surface area contributed by atoms with Crippen molar-refractivity contribution in [2.24, 2.45) is 0 Å². The van der Waals surface area contributed by atoms with Gasteiger partial charge < -0.3 is 14.5 Å². The average molecular weight is 382 g/mol. The number of carboxylic acid groups (broad SMARTS) is 1. The van der Waals surface area contributed by atoms with E-state index in [-0.39, 0.29) is 12.1 Å². The number of aromatic carboxylic acids is 1. The van der Waals surface area contributed by atoms with Crippen LogP contribution in [0.1, 0.15) is 21.5 Å². The van der Waals surface area contributed by atoms with E-state index in [0.29, 0.717) is 6.07 Å². The molecule has 0 amide bonds. The molecule has 3 rings (SSSR count). The first-order chi connectivity index (χ1) is 12.6. The molecule has 1 heterocycles. The molecule has 9 heteroatoms. The van der Waals surface area contributed by atoms with Gasteiger partial charge in [-0.25, -0.2) is 8.78 Å². The van der Waals surface area contributed by atoms with Crippen molar-refractivity contribution in [2.75, 3.05) is 0 Å². The minimum absolute atomic E-state index is 0.251. The predicted molar refractivity (Wildman–Crippen MR) is 83.0 cm³/mol. The number of alkyl halides is 3. The zero-order valence-electron chi connectivity index (χ0n) is 13.3. The Labute approximate surface area is 148 Å². The van der Waals surface area contributed by atoms with Gasteiger partial charge in [0.25, 0.3) is 0 Å². The summed E-state index contributed by atoms with van der Waals surface area (Å²) in [4.78, 5) is 23.3. The zero-order valence-corrected chi connectivity index (χ0v) is 13.3. The van der Waals surface area contributed by atoms with Gasteiger partial charge in [0.2, 0.25) is 5.43 Å². The number of pyridine rings is 1. The largest absolute Gasteiger partial charge is 0.545 e. The van der Waals surface area contributed by atoms with Gasteiger partial charge in [0, 0.05) is 12.7 Å². The Kier molecular flexibility index (Phi) is 4.46. The van der Waals surface area contributed by atoms with Gasteiger partial charge in [-0.15, -0.1) is 0 Å². The molecule has 0 N–H and O–H groups in total. The molecule has 2 aromatic carbocycles. The molecule has 3 aromatic rings. The molecule has 4 nitrogen and oxygen atoms in total. The van der Waals surface area contributed by atoms with E-state index in [9.17, 15) is 36.6 Å². The summed E-state index contributed by atoms with van der Waals surface area (Å²) >= 11 is 0. The molecule has 1 aromatic heterocycles. The Morgan fingerprint density at radius 1 is 1.00 bits per heavy atom. The highest BCUT2D eigenvalue weighted by atomic mass is 19.4. The topological polar surface area (TPSA) is 62.1 Å². The van der Waals surface area contributed by atoms with Crippen molar-refractivity contribution in [3.8, 4) is 0 Å². The van der Waals surface area contributed by atoms with Crippen molar-refractivity contribution in [3.05, 3.63) is 81.1 Å². The number of hydrogen-bond donors (Lipinski definition) is 0. The molecule has 0 saturated heterocycles. The van der Waals surface area contributed by atoms with E-state index >= 15 is 0 Å². The highest BCUT2D eigenvalue weighted by Crippen LogP contribution is 2.29. The van der Waals surface area contributed by atoms with Crippen molar-refractivity contribution in [1.82, 2.24) is 4.57 Å². The molecule has 0 aliphatic carbocycles. The van der Waals surface area contributed by atoms with E-state index in [1.165, 1.54) is 0 Å².